The number of nitrogens with zero attached hydrogens (tertiary/aromatic N) is 1. The molecule has 1 N–H and O–H groups in total. The van der Waals surface area contributed by atoms with Crippen LogP contribution in [0.4, 0.5) is 10.1 Å². The predicted octanol–water partition coefficient (Wildman–Crippen LogP) is 3.15. The van der Waals surface area contributed by atoms with E-state index in [-0.39, 0.29) is 30.7 Å². The van der Waals surface area contributed by atoms with Crippen molar-refractivity contribution in [3.63, 3.8) is 0 Å². The van der Waals surface area contributed by atoms with Gasteiger partial charge in [-0.3, -0.25) is 19.3 Å². The van der Waals surface area contributed by atoms with Gasteiger partial charge in [-0.1, -0.05) is 17.7 Å². The summed E-state index contributed by atoms with van der Waals surface area (Å²) in [5.41, 5.74) is 2.10. The first-order valence-electron chi connectivity index (χ1n) is 7.98. The van der Waals surface area contributed by atoms with Crippen LogP contribution in [-0.4, -0.2) is 29.2 Å². The molecule has 0 fully saturated rings. The Morgan fingerprint density at radius 2 is 1.84 bits per heavy atom. The Balaban J connectivity index is 1.55. The number of rotatable bonds is 5. The first-order chi connectivity index (χ1) is 12.0. The van der Waals surface area contributed by atoms with Crippen molar-refractivity contribution in [1.82, 2.24) is 4.90 Å². The minimum absolute atomic E-state index is 0.128. The monoisotopic (exact) mass is 340 g/mol. The maximum absolute atomic E-state index is 13.1. The Kier molecular flexibility index (Phi) is 4.61. The van der Waals surface area contributed by atoms with Gasteiger partial charge in [-0.05, 0) is 43.7 Å². The first kappa shape index (κ1) is 16.8. The molecule has 0 radical (unpaired) electrons. The fourth-order valence-corrected chi connectivity index (χ4v) is 2.80. The highest BCUT2D eigenvalue weighted by Crippen LogP contribution is 2.24. The maximum Gasteiger partial charge on any atom is 0.261 e. The zero-order valence-electron chi connectivity index (χ0n) is 13.7. The van der Waals surface area contributed by atoms with E-state index >= 15 is 0 Å². The summed E-state index contributed by atoms with van der Waals surface area (Å²) in [5, 5.41) is 2.59. The van der Waals surface area contributed by atoms with Crippen LogP contribution in [0.5, 0.6) is 0 Å². The van der Waals surface area contributed by atoms with Gasteiger partial charge in [0.05, 0.1) is 11.1 Å². The number of aryl methyl sites for hydroxylation is 1. The Bertz CT molecular complexity index is 863. The van der Waals surface area contributed by atoms with E-state index in [1.807, 2.05) is 6.92 Å². The molecular weight excluding hydrogens is 323 g/mol. The number of amides is 3. The summed E-state index contributed by atoms with van der Waals surface area (Å²) < 4.78 is 13.1. The van der Waals surface area contributed by atoms with Gasteiger partial charge < -0.3 is 5.32 Å². The Morgan fingerprint density at radius 3 is 2.60 bits per heavy atom. The van der Waals surface area contributed by atoms with Crippen LogP contribution >= 0.6 is 0 Å². The molecule has 0 spiro atoms. The molecule has 0 atom stereocenters. The van der Waals surface area contributed by atoms with Gasteiger partial charge in [-0.15, -0.1) is 0 Å². The van der Waals surface area contributed by atoms with E-state index in [1.165, 1.54) is 23.1 Å². The second-order valence-corrected chi connectivity index (χ2v) is 5.97. The lowest BCUT2D eigenvalue weighted by molar-refractivity contribution is -0.116. The molecule has 6 heteroatoms. The second kappa shape index (κ2) is 6.84. The lowest BCUT2D eigenvalue weighted by Gasteiger charge is -2.13. The van der Waals surface area contributed by atoms with Gasteiger partial charge >= 0.3 is 0 Å². The van der Waals surface area contributed by atoms with Crippen LogP contribution < -0.4 is 5.32 Å². The van der Waals surface area contributed by atoms with E-state index in [2.05, 4.69) is 5.32 Å². The number of hydrogen-bond donors (Lipinski definition) is 1. The number of hydrogen-bond acceptors (Lipinski definition) is 3. The average molecular weight is 340 g/mol. The van der Waals surface area contributed by atoms with Crippen LogP contribution in [-0.2, 0) is 4.79 Å². The van der Waals surface area contributed by atoms with Crippen molar-refractivity contribution in [2.75, 3.05) is 11.9 Å². The summed E-state index contributed by atoms with van der Waals surface area (Å²) in [6, 6.07) is 10.8. The van der Waals surface area contributed by atoms with Crippen molar-refractivity contribution >= 4 is 23.4 Å². The van der Waals surface area contributed by atoms with E-state index < -0.39 is 5.82 Å². The minimum atomic E-state index is -0.431. The Labute approximate surface area is 144 Å². The molecule has 3 amide bonds. The molecule has 128 valence electrons. The third-order valence-corrected chi connectivity index (χ3v) is 4.02. The SMILES string of the molecule is Cc1ccc2c(c1)C(=O)N(CCCC(=O)Nc1cccc(F)c1)C2=O. The van der Waals surface area contributed by atoms with Gasteiger partial charge in [0.15, 0.2) is 0 Å². The molecule has 0 bridgehead atoms. The van der Waals surface area contributed by atoms with Crippen molar-refractivity contribution in [2.45, 2.75) is 19.8 Å². The van der Waals surface area contributed by atoms with Crippen LogP contribution in [0.25, 0.3) is 0 Å². The number of nitrogens with one attached hydrogen (secondary N) is 1. The normalized spacial score (nSPS) is 13.1. The molecule has 2 aromatic carbocycles. The molecule has 1 aliphatic heterocycles. The van der Waals surface area contributed by atoms with Gasteiger partial charge in [-0.2, -0.15) is 0 Å². The van der Waals surface area contributed by atoms with Gasteiger partial charge in [0, 0.05) is 18.7 Å². The molecule has 0 unspecified atom stereocenters. The first-order valence-corrected chi connectivity index (χ1v) is 7.98. The van der Waals surface area contributed by atoms with Crippen LogP contribution in [0.3, 0.4) is 0 Å². The summed E-state index contributed by atoms with van der Waals surface area (Å²) in [6.07, 6.45) is 0.467. The number of fused-ring (bicyclic) bond motifs is 1. The number of benzene rings is 2. The minimum Gasteiger partial charge on any atom is -0.326 e. The van der Waals surface area contributed by atoms with E-state index in [0.717, 1.165) is 5.56 Å². The van der Waals surface area contributed by atoms with E-state index in [0.29, 0.717) is 23.2 Å². The highest BCUT2D eigenvalue weighted by atomic mass is 19.1. The Hall–Kier alpha value is -3.02. The quantitative estimate of drug-likeness (QED) is 0.850. The summed E-state index contributed by atoms with van der Waals surface area (Å²) in [5.74, 6) is -1.38. The highest BCUT2D eigenvalue weighted by Gasteiger charge is 2.34. The number of carbonyl (C=O) groups excluding carboxylic acids is 3. The smallest absolute Gasteiger partial charge is 0.261 e. The van der Waals surface area contributed by atoms with Gasteiger partial charge in [0.2, 0.25) is 5.91 Å². The van der Waals surface area contributed by atoms with E-state index in [4.69, 9.17) is 0 Å². The van der Waals surface area contributed by atoms with Crippen LogP contribution in [0.2, 0.25) is 0 Å². The standard InChI is InChI=1S/C19H17FN2O3/c1-12-7-8-15-16(10-12)19(25)22(18(15)24)9-3-6-17(23)21-14-5-2-4-13(20)11-14/h2,4-5,7-8,10-11H,3,6,9H2,1H3,(H,21,23). The molecule has 2 aromatic rings. The van der Waals surface area contributed by atoms with Crippen molar-refractivity contribution < 1.29 is 18.8 Å². The van der Waals surface area contributed by atoms with E-state index in [1.54, 1.807) is 24.3 Å². The van der Waals surface area contributed by atoms with E-state index in [9.17, 15) is 18.8 Å². The molecular formula is C19H17FN2O3. The van der Waals surface area contributed by atoms with Crippen LogP contribution in [0.15, 0.2) is 42.5 Å². The summed E-state index contributed by atoms with van der Waals surface area (Å²) in [6.45, 7) is 2.03. The highest BCUT2D eigenvalue weighted by molar-refractivity contribution is 6.21. The van der Waals surface area contributed by atoms with Gasteiger partial charge in [0.1, 0.15) is 5.82 Å². The third kappa shape index (κ3) is 3.57. The van der Waals surface area contributed by atoms with Crippen molar-refractivity contribution in [3.05, 3.63) is 65.0 Å². The largest absolute Gasteiger partial charge is 0.326 e. The molecule has 5 nitrogen and oxygen atoms in total. The molecule has 0 aromatic heterocycles. The molecule has 0 aliphatic carbocycles. The number of anilines is 1. The number of carbonyl (C=O) groups is 3. The van der Waals surface area contributed by atoms with Crippen molar-refractivity contribution in [1.29, 1.82) is 0 Å². The molecule has 0 saturated carbocycles. The number of halogens is 1. The van der Waals surface area contributed by atoms with Crippen LogP contribution in [0.1, 0.15) is 39.1 Å². The lowest BCUT2D eigenvalue weighted by Crippen LogP contribution is -2.31. The Morgan fingerprint density at radius 1 is 1.08 bits per heavy atom. The summed E-state index contributed by atoms with van der Waals surface area (Å²) in [4.78, 5) is 37.7. The molecule has 3 rings (SSSR count). The molecule has 25 heavy (non-hydrogen) atoms. The number of imide groups is 1. The summed E-state index contributed by atoms with van der Waals surface area (Å²) in [7, 11) is 0. The zero-order valence-corrected chi connectivity index (χ0v) is 13.7. The predicted molar refractivity (Wildman–Crippen MR) is 90.8 cm³/mol. The second-order valence-electron chi connectivity index (χ2n) is 5.97. The van der Waals surface area contributed by atoms with Crippen molar-refractivity contribution in [3.8, 4) is 0 Å². The fourth-order valence-electron chi connectivity index (χ4n) is 2.80. The van der Waals surface area contributed by atoms with Crippen molar-refractivity contribution in [2.24, 2.45) is 0 Å². The third-order valence-electron chi connectivity index (χ3n) is 4.02. The lowest BCUT2D eigenvalue weighted by atomic mass is 10.1. The van der Waals surface area contributed by atoms with Crippen LogP contribution in [0, 0.1) is 12.7 Å². The molecule has 1 heterocycles. The molecule has 0 saturated heterocycles. The molecule has 1 aliphatic rings. The van der Waals surface area contributed by atoms with Gasteiger partial charge in [-0.25, -0.2) is 4.39 Å². The zero-order chi connectivity index (χ0) is 18.0. The fraction of sp³-hybridized carbons (Fsp3) is 0.211. The average Bonchev–Trinajstić information content (AvgIpc) is 2.79. The topological polar surface area (TPSA) is 66.5 Å². The summed E-state index contributed by atoms with van der Waals surface area (Å²) >= 11 is 0. The maximum atomic E-state index is 13.1. The van der Waals surface area contributed by atoms with Gasteiger partial charge in [0.25, 0.3) is 11.8 Å².